The first kappa shape index (κ1) is 26.9. The molecule has 0 radical (unpaired) electrons. The van der Waals surface area contributed by atoms with E-state index in [1.54, 1.807) is 12.3 Å². The normalized spacial score (nSPS) is 15.4. The number of rotatable bonds is 8. The van der Waals surface area contributed by atoms with Crippen molar-refractivity contribution in [1.29, 1.82) is 5.26 Å². The molecule has 0 aliphatic heterocycles. The molecule has 39 heavy (non-hydrogen) atoms. The smallest absolute Gasteiger partial charge is 0.263 e. The Balaban J connectivity index is 1.59. The van der Waals surface area contributed by atoms with Crippen LogP contribution >= 0.6 is 11.6 Å². The monoisotopic (exact) mass is 549 g/mol. The molecule has 2 heterocycles. The van der Waals surface area contributed by atoms with Crippen LogP contribution in [-0.4, -0.2) is 37.9 Å². The summed E-state index contributed by atoms with van der Waals surface area (Å²) in [6.07, 6.45) is 1.79. The number of aromatic nitrogens is 5. The molecular formula is C29H30ClF2N7. The molecule has 0 spiro atoms. The van der Waals surface area contributed by atoms with E-state index in [0.717, 1.165) is 22.1 Å². The number of benzene rings is 2. The highest BCUT2D eigenvalue weighted by Crippen LogP contribution is 2.48. The molecule has 1 saturated carbocycles. The molecule has 0 bridgehead atoms. The van der Waals surface area contributed by atoms with Crippen molar-refractivity contribution >= 4 is 28.3 Å². The minimum Gasteiger partial charge on any atom is -0.369 e. The van der Waals surface area contributed by atoms with Gasteiger partial charge in [0, 0.05) is 24.0 Å². The van der Waals surface area contributed by atoms with Crippen LogP contribution < -0.4 is 5.32 Å². The highest BCUT2D eigenvalue weighted by atomic mass is 35.5. The van der Waals surface area contributed by atoms with Crippen LogP contribution in [0.1, 0.15) is 67.5 Å². The fourth-order valence-electron chi connectivity index (χ4n) is 4.88. The minimum absolute atomic E-state index is 0.0377. The first-order valence-electron chi connectivity index (χ1n) is 12.9. The molecular weight excluding hydrogens is 520 g/mol. The third-order valence-electron chi connectivity index (χ3n) is 7.34. The first-order chi connectivity index (χ1) is 18.5. The molecule has 2 aromatic heterocycles. The van der Waals surface area contributed by atoms with E-state index in [1.165, 1.54) is 11.0 Å². The Bertz CT molecular complexity index is 1560. The van der Waals surface area contributed by atoms with Gasteiger partial charge in [-0.1, -0.05) is 49.7 Å². The number of alkyl halides is 2. The summed E-state index contributed by atoms with van der Waals surface area (Å²) in [7, 11) is 0. The van der Waals surface area contributed by atoms with Crippen molar-refractivity contribution in [2.45, 2.75) is 64.8 Å². The topological polar surface area (TPSA) is 92.3 Å². The second-order valence-corrected chi connectivity index (χ2v) is 11.9. The van der Waals surface area contributed by atoms with Crippen LogP contribution in [-0.2, 0) is 12.0 Å². The lowest BCUT2D eigenvalue weighted by molar-refractivity contribution is 0.0593. The number of anilines is 1. The molecule has 10 heteroatoms. The first-order valence-corrected chi connectivity index (χ1v) is 13.3. The summed E-state index contributed by atoms with van der Waals surface area (Å²) >= 11 is 6.71. The van der Waals surface area contributed by atoms with E-state index in [0.29, 0.717) is 53.4 Å². The molecule has 1 atom stereocenters. The molecule has 0 saturated heterocycles. The van der Waals surface area contributed by atoms with Gasteiger partial charge in [-0.3, -0.25) is 0 Å². The van der Waals surface area contributed by atoms with Gasteiger partial charge in [0.1, 0.15) is 17.7 Å². The number of halogens is 3. The Labute approximate surface area is 231 Å². The SMILES string of the molecule is Cc1c(C#N)cccc1[C@H](Cc1cc(Cl)c2ncnc(NCC(C)(C)C)c2c1)c1cn(C2(C(F)F)CC2)nn1. The van der Waals surface area contributed by atoms with Crippen LogP contribution in [0.25, 0.3) is 10.9 Å². The number of hydrogen-bond donors (Lipinski definition) is 1. The van der Waals surface area contributed by atoms with Crippen LogP contribution in [0.3, 0.4) is 0 Å². The fourth-order valence-corrected chi connectivity index (χ4v) is 5.17. The van der Waals surface area contributed by atoms with Gasteiger partial charge in [-0.15, -0.1) is 5.10 Å². The maximum atomic E-state index is 13.8. The van der Waals surface area contributed by atoms with Gasteiger partial charge in [-0.05, 0) is 66.5 Å². The zero-order valence-corrected chi connectivity index (χ0v) is 23.1. The maximum Gasteiger partial charge on any atom is 0.263 e. The second kappa shape index (κ2) is 10.2. The Kier molecular flexibility index (Phi) is 7.02. The molecule has 5 rings (SSSR count). The van der Waals surface area contributed by atoms with Gasteiger partial charge in [-0.2, -0.15) is 5.26 Å². The molecule has 1 aliphatic rings. The molecule has 0 amide bonds. The molecule has 1 aliphatic carbocycles. The lowest BCUT2D eigenvalue weighted by Gasteiger charge is -2.21. The Morgan fingerprint density at radius 3 is 2.64 bits per heavy atom. The van der Waals surface area contributed by atoms with Crippen molar-refractivity contribution in [3.63, 3.8) is 0 Å². The van der Waals surface area contributed by atoms with Gasteiger partial charge < -0.3 is 5.32 Å². The van der Waals surface area contributed by atoms with Crippen LogP contribution in [0.2, 0.25) is 5.02 Å². The lowest BCUT2D eigenvalue weighted by Crippen LogP contribution is -2.26. The van der Waals surface area contributed by atoms with Crippen molar-refractivity contribution < 1.29 is 8.78 Å². The van der Waals surface area contributed by atoms with Crippen LogP contribution in [0.5, 0.6) is 0 Å². The van der Waals surface area contributed by atoms with Gasteiger partial charge in [0.05, 0.1) is 27.9 Å². The summed E-state index contributed by atoms with van der Waals surface area (Å²) < 4.78 is 28.9. The molecule has 202 valence electrons. The summed E-state index contributed by atoms with van der Waals surface area (Å²) in [5.41, 5.74) is 3.11. The molecule has 2 aromatic carbocycles. The van der Waals surface area contributed by atoms with Crippen LogP contribution in [0.15, 0.2) is 42.9 Å². The van der Waals surface area contributed by atoms with Crippen LogP contribution in [0.4, 0.5) is 14.6 Å². The van der Waals surface area contributed by atoms with E-state index in [2.05, 4.69) is 52.4 Å². The molecule has 4 aromatic rings. The number of hydrogen-bond acceptors (Lipinski definition) is 6. The van der Waals surface area contributed by atoms with Crippen LogP contribution in [0, 0.1) is 23.7 Å². The summed E-state index contributed by atoms with van der Waals surface area (Å²) in [5.74, 6) is 0.348. The summed E-state index contributed by atoms with van der Waals surface area (Å²) in [5, 5.41) is 22.8. The van der Waals surface area contributed by atoms with Gasteiger partial charge in [0.15, 0.2) is 0 Å². The number of nitrogens with one attached hydrogen (secondary N) is 1. The third-order valence-corrected chi connectivity index (χ3v) is 7.63. The highest BCUT2D eigenvalue weighted by Gasteiger charge is 2.54. The lowest BCUT2D eigenvalue weighted by atomic mass is 9.85. The highest BCUT2D eigenvalue weighted by molar-refractivity contribution is 6.35. The Hall–Kier alpha value is -3.64. The predicted molar refractivity (Wildman–Crippen MR) is 147 cm³/mol. The zero-order chi connectivity index (χ0) is 27.9. The number of nitrogens with zero attached hydrogens (tertiary/aromatic N) is 6. The molecule has 1 fully saturated rings. The summed E-state index contributed by atoms with van der Waals surface area (Å²) in [6.45, 7) is 9.01. The van der Waals surface area contributed by atoms with Crippen molar-refractivity contribution in [2.24, 2.45) is 5.41 Å². The zero-order valence-electron chi connectivity index (χ0n) is 22.3. The maximum absolute atomic E-state index is 13.8. The Morgan fingerprint density at radius 1 is 1.21 bits per heavy atom. The van der Waals surface area contributed by atoms with E-state index in [9.17, 15) is 14.0 Å². The Morgan fingerprint density at radius 2 is 1.97 bits per heavy atom. The van der Waals surface area contributed by atoms with E-state index < -0.39 is 12.0 Å². The third kappa shape index (κ3) is 5.30. The van der Waals surface area contributed by atoms with Crippen molar-refractivity contribution in [3.8, 4) is 6.07 Å². The average Bonchev–Trinajstić information content (AvgIpc) is 3.56. The minimum atomic E-state index is -2.52. The number of fused-ring (bicyclic) bond motifs is 1. The molecule has 1 N–H and O–H groups in total. The molecule has 7 nitrogen and oxygen atoms in total. The second-order valence-electron chi connectivity index (χ2n) is 11.5. The van der Waals surface area contributed by atoms with E-state index in [4.69, 9.17) is 11.6 Å². The quantitative estimate of drug-likeness (QED) is 0.265. The largest absolute Gasteiger partial charge is 0.369 e. The number of nitriles is 1. The van der Waals surface area contributed by atoms with Crippen molar-refractivity contribution in [3.05, 3.63) is 75.8 Å². The molecule has 0 unspecified atom stereocenters. The van der Waals surface area contributed by atoms with E-state index >= 15 is 0 Å². The average molecular weight is 550 g/mol. The summed E-state index contributed by atoms with van der Waals surface area (Å²) in [6, 6.07) is 11.7. The predicted octanol–water partition coefficient (Wildman–Crippen LogP) is 6.64. The summed E-state index contributed by atoms with van der Waals surface area (Å²) in [4.78, 5) is 8.86. The van der Waals surface area contributed by atoms with Gasteiger partial charge in [-0.25, -0.2) is 23.4 Å². The van der Waals surface area contributed by atoms with Crippen molar-refractivity contribution in [1.82, 2.24) is 25.0 Å². The van der Waals surface area contributed by atoms with Crippen molar-refractivity contribution in [2.75, 3.05) is 11.9 Å². The van der Waals surface area contributed by atoms with E-state index in [1.807, 2.05) is 31.2 Å². The van der Waals surface area contributed by atoms with Gasteiger partial charge in [0.25, 0.3) is 6.43 Å². The van der Waals surface area contributed by atoms with E-state index in [-0.39, 0.29) is 11.3 Å². The standard InChI is InChI=1S/C29H30ClF2N7/c1-17-19(13-33)6-5-7-20(17)21(24-14-39(38-37-24)29(8-9-29)27(31)32)10-18-11-22-25(23(30)12-18)35-16-36-26(22)34-15-28(2,3)4/h5-7,11-12,14,16,21,27H,8-10,15H2,1-4H3,(H,34,35,36)/t21-/m0/s1. The van der Waals surface area contributed by atoms with Gasteiger partial charge >= 0.3 is 0 Å². The fraction of sp³-hybridized carbons (Fsp3) is 0.414. The van der Waals surface area contributed by atoms with Gasteiger partial charge in [0.2, 0.25) is 0 Å².